The lowest BCUT2D eigenvalue weighted by Crippen LogP contribution is -2.29. The lowest BCUT2D eigenvalue weighted by molar-refractivity contribution is -0.148. The van der Waals surface area contributed by atoms with Gasteiger partial charge in [-0.3, -0.25) is 4.79 Å². The molecule has 0 aliphatic carbocycles. The second kappa shape index (κ2) is 8.92. The summed E-state index contributed by atoms with van der Waals surface area (Å²) in [5.74, 6) is -0.452. The number of methoxy groups -OCH3 is 1. The van der Waals surface area contributed by atoms with E-state index in [4.69, 9.17) is 14.2 Å². The molecule has 2 aromatic carbocycles. The van der Waals surface area contributed by atoms with Crippen LogP contribution in [-0.2, 0) is 19.1 Å². The summed E-state index contributed by atoms with van der Waals surface area (Å²) in [5.41, 5.74) is 1.59. The Kier molecular flexibility index (Phi) is 6.13. The number of benzene rings is 2. The maximum Gasteiger partial charge on any atom is 0.337 e. The van der Waals surface area contributed by atoms with Crippen molar-refractivity contribution in [3.63, 3.8) is 0 Å². The van der Waals surface area contributed by atoms with Crippen LogP contribution in [-0.4, -0.2) is 37.9 Å². The van der Waals surface area contributed by atoms with Gasteiger partial charge in [-0.25, -0.2) is 9.59 Å². The van der Waals surface area contributed by atoms with Gasteiger partial charge in [0.25, 0.3) is 5.91 Å². The first-order valence-corrected chi connectivity index (χ1v) is 8.74. The molecule has 8 nitrogen and oxygen atoms in total. The van der Waals surface area contributed by atoms with Gasteiger partial charge in [0.1, 0.15) is 0 Å². The summed E-state index contributed by atoms with van der Waals surface area (Å²) < 4.78 is 20.2. The van der Waals surface area contributed by atoms with Crippen LogP contribution in [0.15, 0.2) is 48.5 Å². The summed E-state index contributed by atoms with van der Waals surface area (Å²) >= 11 is 0. The van der Waals surface area contributed by atoms with Gasteiger partial charge < -0.3 is 24.3 Å². The van der Waals surface area contributed by atoms with Gasteiger partial charge >= 0.3 is 11.9 Å². The third-order valence-corrected chi connectivity index (χ3v) is 4.05. The fourth-order valence-electron chi connectivity index (χ4n) is 2.50. The van der Waals surface area contributed by atoms with E-state index in [0.29, 0.717) is 28.3 Å². The Morgan fingerprint density at radius 2 is 1.79 bits per heavy atom. The van der Waals surface area contributed by atoms with Crippen LogP contribution in [0.5, 0.6) is 11.5 Å². The van der Waals surface area contributed by atoms with E-state index in [1.807, 2.05) is 0 Å². The molecule has 3 rings (SSSR count). The number of carbonyl (C=O) groups is 3. The molecule has 1 aliphatic rings. The van der Waals surface area contributed by atoms with E-state index in [-0.39, 0.29) is 6.79 Å². The topological polar surface area (TPSA) is 100 Å². The zero-order chi connectivity index (χ0) is 20.8. The Morgan fingerprint density at radius 3 is 2.52 bits per heavy atom. The van der Waals surface area contributed by atoms with Crippen LogP contribution in [0.25, 0.3) is 6.08 Å². The predicted octanol–water partition coefficient (Wildman–Crippen LogP) is 2.79. The number of nitrogens with one attached hydrogen (secondary N) is 1. The number of rotatable bonds is 6. The molecule has 0 aromatic heterocycles. The van der Waals surface area contributed by atoms with Gasteiger partial charge in [0.05, 0.1) is 12.7 Å². The number of hydrogen-bond acceptors (Lipinski definition) is 7. The van der Waals surface area contributed by atoms with Gasteiger partial charge in [-0.2, -0.15) is 0 Å². The SMILES string of the molecule is COC(=O)c1ccc(/C=C/C(=O)OC(C)C(=O)Nc2ccc3c(c2)OCO3)cc1. The van der Waals surface area contributed by atoms with Crippen LogP contribution in [0.2, 0.25) is 0 Å². The molecule has 1 amide bonds. The standard InChI is InChI=1S/C21H19NO7/c1-13(20(24)22-16-8-9-17-18(11-16)28-12-27-17)29-19(23)10-5-14-3-6-15(7-4-14)21(25)26-2/h3-11,13H,12H2,1-2H3,(H,22,24)/b10-5+. The highest BCUT2D eigenvalue weighted by molar-refractivity contribution is 5.97. The fraction of sp³-hybridized carbons (Fsp3) is 0.190. The Hall–Kier alpha value is -3.81. The van der Waals surface area contributed by atoms with Crippen LogP contribution < -0.4 is 14.8 Å². The normalized spacial score (nSPS) is 13.0. The summed E-state index contributed by atoms with van der Waals surface area (Å²) in [5, 5.41) is 2.65. The highest BCUT2D eigenvalue weighted by Crippen LogP contribution is 2.34. The van der Waals surface area contributed by atoms with Crippen molar-refractivity contribution in [2.45, 2.75) is 13.0 Å². The van der Waals surface area contributed by atoms with Crippen molar-refractivity contribution < 1.29 is 33.3 Å². The van der Waals surface area contributed by atoms with Crippen molar-refractivity contribution in [3.05, 3.63) is 59.7 Å². The van der Waals surface area contributed by atoms with Crippen molar-refractivity contribution >= 4 is 29.6 Å². The first-order valence-electron chi connectivity index (χ1n) is 8.74. The molecule has 1 heterocycles. The number of ether oxygens (including phenoxy) is 4. The van der Waals surface area contributed by atoms with Crippen LogP contribution in [0, 0.1) is 0 Å². The van der Waals surface area contributed by atoms with Crippen molar-refractivity contribution in [3.8, 4) is 11.5 Å². The van der Waals surface area contributed by atoms with E-state index in [9.17, 15) is 14.4 Å². The smallest absolute Gasteiger partial charge is 0.337 e. The molecule has 0 radical (unpaired) electrons. The molecule has 0 saturated heterocycles. The van der Waals surface area contributed by atoms with E-state index >= 15 is 0 Å². The molecule has 29 heavy (non-hydrogen) atoms. The van der Waals surface area contributed by atoms with E-state index in [1.54, 1.807) is 42.5 Å². The third-order valence-electron chi connectivity index (χ3n) is 4.05. The fourth-order valence-corrected chi connectivity index (χ4v) is 2.50. The largest absolute Gasteiger partial charge is 0.465 e. The number of esters is 2. The Bertz CT molecular complexity index is 950. The quantitative estimate of drug-likeness (QED) is 0.591. The summed E-state index contributed by atoms with van der Waals surface area (Å²) in [7, 11) is 1.30. The van der Waals surface area contributed by atoms with Gasteiger partial charge in [0.2, 0.25) is 6.79 Å². The zero-order valence-electron chi connectivity index (χ0n) is 15.8. The van der Waals surface area contributed by atoms with Gasteiger partial charge in [0.15, 0.2) is 17.6 Å². The van der Waals surface area contributed by atoms with E-state index in [0.717, 1.165) is 0 Å². The third kappa shape index (κ3) is 5.13. The predicted molar refractivity (Wildman–Crippen MR) is 104 cm³/mol. The van der Waals surface area contributed by atoms with Crippen molar-refractivity contribution in [2.24, 2.45) is 0 Å². The molecule has 0 saturated carbocycles. The average Bonchev–Trinajstić information content (AvgIpc) is 3.19. The van der Waals surface area contributed by atoms with Crippen molar-refractivity contribution in [1.29, 1.82) is 0 Å². The van der Waals surface area contributed by atoms with Gasteiger partial charge in [-0.15, -0.1) is 0 Å². The molecule has 0 spiro atoms. The summed E-state index contributed by atoms with van der Waals surface area (Å²) in [6, 6.07) is 11.5. The second-order valence-electron chi connectivity index (χ2n) is 6.08. The Morgan fingerprint density at radius 1 is 1.07 bits per heavy atom. The molecule has 0 fully saturated rings. The number of hydrogen-bond donors (Lipinski definition) is 1. The first-order chi connectivity index (χ1) is 14.0. The first kappa shape index (κ1) is 19.9. The lowest BCUT2D eigenvalue weighted by atomic mass is 10.1. The molecular weight excluding hydrogens is 378 g/mol. The molecule has 1 unspecified atom stereocenters. The minimum atomic E-state index is -1.00. The minimum Gasteiger partial charge on any atom is -0.465 e. The zero-order valence-corrected chi connectivity index (χ0v) is 15.8. The van der Waals surface area contributed by atoms with Crippen LogP contribution in [0.1, 0.15) is 22.8 Å². The van der Waals surface area contributed by atoms with Crippen molar-refractivity contribution in [2.75, 3.05) is 19.2 Å². The molecule has 0 bridgehead atoms. The summed E-state index contributed by atoms with van der Waals surface area (Å²) in [6.07, 6.45) is 1.72. The molecular formula is C21H19NO7. The van der Waals surface area contributed by atoms with Crippen molar-refractivity contribution in [1.82, 2.24) is 0 Å². The van der Waals surface area contributed by atoms with Crippen LogP contribution in [0.4, 0.5) is 5.69 Å². The van der Waals surface area contributed by atoms with Gasteiger partial charge in [-0.1, -0.05) is 12.1 Å². The Labute approximate surface area is 167 Å². The summed E-state index contributed by atoms with van der Waals surface area (Å²) in [6.45, 7) is 1.61. The molecule has 2 aromatic rings. The molecule has 1 atom stereocenters. The molecule has 1 N–H and O–H groups in total. The molecule has 8 heteroatoms. The number of anilines is 1. The monoisotopic (exact) mass is 397 g/mol. The number of fused-ring (bicyclic) bond motifs is 1. The number of carbonyl (C=O) groups excluding carboxylic acids is 3. The highest BCUT2D eigenvalue weighted by atomic mass is 16.7. The van der Waals surface area contributed by atoms with Crippen LogP contribution in [0.3, 0.4) is 0 Å². The minimum absolute atomic E-state index is 0.137. The second-order valence-corrected chi connectivity index (χ2v) is 6.08. The van der Waals surface area contributed by atoms with E-state index < -0.39 is 23.9 Å². The van der Waals surface area contributed by atoms with Gasteiger partial charge in [-0.05, 0) is 42.8 Å². The molecule has 150 valence electrons. The lowest BCUT2D eigenvalue weighted by Gasteiger charge is -2.12. The average molecular weight is 397 g/mol. The number of amides is 1. The molecule has 1 aliphatic heterocycles. The maximum absolute atomic E-state index is 12.2. The maximum atomic E-state index is 12.2. The highest BCUT2D eigenvalue weighted by Gasteiger charge is 2.19. The van der Waals surface area contributed by atoms with E-state index in [2.05, 4.69) is 10.1 Å². The van der Waals surface area contributed by atoms with Crippen LogP contribution >= 0.6 is 0 Å². The Balaban J connectivity index is 1.52. The van der Waals surface area contributed by atoms with Gasteiger partial charge in [0, 0.05) is 17.8 Å². The summed E-state index contributed by atoms with van der Waals surface area (Å²) in [4.78, 5) is 35.6. The van der Waals surface area contributed by atoms with E-state index in [1.165, 1.54) is 26.2 Å².